The fraction of sp³-hybridized carbons (Fsp3) is 0.240. The molecule has 0 radical (unpaired) electrons. The van der Waals surface area contributed by atoms with Crippen molar-refractivity contribution in [3.8, 4) is 5.69 Å². The third kappa shape index (κ3) is 4.07. The number of carbonyl (C=O) groups is 2. The number of aryl methyl sites for hydroxylation is 2. The van der Waals surface area contributed by atoms with Crippen LogP contribution in [0.2, 0.25) is 0 Å². The van der Waals surface area contributed by atoms with E-state index in [1.807, 2.05) is 37.3 Å². The van der Waals surface area contributed by atoms with Crippen LogP contribution in [-0.2, 0) is 16.6 Å². The summed E-state index contributed by atoms with van der Waals surface area (Å²) in [6.45, 7) is 5.46. The molecule has 0 bridgehead atoms. The average molecular weight is 460 g/mol. The lowest BCUT2D eigenvalue weighted by atomic mass is 10.0. The molecule has 0 unspecified atom stereocenters. The first-order chi connectivity index (χ1) is 16.3. The first-order valence-electron chi connectivity index (χ1n) is 10.9. The van der Waals surface area contributed by atoms with Crippen LogP contribution >= 0.6 is 0 Å². The average Bonchev–Trinajstić information content (AvgIpc) is 3.14. The number of aromatic nitrogens is 4. The molecule has 2 heterocycles. The Balaban J connectivity index is 1.79. The highest BCUT2D eigenvalue weighted by Crippen LogP contribution is 2.26. The van der Waals surface area contributed by atoms with Gasteiger partial charge in [-0.15, -0.1) is 0 Å². The summed E-state index contributed by atoms with van der Waals surface area (Å²) >= 11 is 0. The fourth-order valence-corrected chi connectivity index (χ4v) is 4.03. The molecular formula is C25H25N5O4. The number of carbonyl (C=O) groups excluding carboxylic acids is 2. The number of para-hydroxylation sites is 1. The van der Waals surface area contributed by atoms with Crippen molar-refractivity contribution in [2.24, 2.45) is 7.05 Å². The van der Waals surface area contributed by atoms with Gasteiger partial charge in [0.1, 0.15) is 0 Å². The van der Waals surface area contributed by atoms with E-state index in [4.69, 9.17) is 4.74 Å². The number of ether oxygens (including phenoxy) is 1. The van der Waals surface area contributed by atoms with Gasteiger partial charge >= 0.3 is 5.97 Å². The standard InChI is InChI=1S/C25H25N5O4/c1-5-34-25(33)22(20-15(2)27-30(16(20)3)17-11-7-6-8-12-17)26-23(31)21-18-13-9-10-14-19(18)24(32)29(4)28-21/h6-14,22H,5H2,1-4H3,(H,26,31)/t22-/m0/s1. The van der Waals surface area contributed by atoms with Gasteiger partial charge in [0.2, 0.25) is 0 Å². The Labute approximate surface area is 196 Å². The number of fused-ring (bicyclic) bond motifs is 1. The maximum atomic E-state index is 13.4. The molecule has 174 valence electrons. The van der Waals surface area contributed by atoms with Crippen LogP contribution in [0, 0.1) is 13.8 Å². The summed E-state index contributed by atoms with van der Waals surface area (Å²) in [5, 5.41) is 12.3. The van der Waals surface area contributed by atoms with Crippen molar-refractivity contribution >= 4 is 22.6 Å². The van der Waals surface area contributed by atoms with E-state index in [9.17, 15) is 14.4 Å². The molecule has 0 spiro atoms. The highest BCUT2D eigenvalue weighted by molar-refractivity contribution is 6.06. The summed E-state index contributed by atoms with van der Waals surface area (Å²) in [5.74, 6) is -1.21. The van der Waals surface area contributed by atoms with Crippen molar-refractivity contribution in [2.75, 3.05) is 6.61 Å². The van der Waals surface area contributed by atoms with Crippen molar-refractivity contribution < 1.29 is 14.3 Å². The second-order valence-corrected chi connectivity index (χ2v) is 7.81. The maximum absolute atomic E-state index is 13.4. The predicted octanol–water partition coefficient (Wildman–Crippen LogP) is 2.77. The number of amides is 1. The Kier molecular flexibility index (Phi) is 6.27. The number of esters is 1. The van der Waals surface area contributed by atoms with Crippen LogP contribution in [-0.4, -0.2) is 38.0 Å². The monoisotopic (exact) mass is 459 g/mol. The van der Waals surface area contributed by atoms with Crippen LogP contribution in [0.5, 0.6) is 0 Å². The minimum Gasteiger partial charge on any atom is -0.464 e. The van der Waals surface area contributed by atoms with Crippen molar-refractivity contribution in [3.05, 3.63) is 87.6 Å². The quantitative estimate of drug-likeness (QED) is 0.444. The minimum absolute atomic E-state index is 0.0396. The first-order valence-corrected chi connectivity index (χ1v) is 10.9. The van der Waals surface area contributed by atoms with Gasteiger partial charge in [0.05, 0.1) is 23.4 Å². The van der Waals surface area contributed by atoms with Crippen molar-refractivity contribution in [3.63, 3.8) is 0 Å². The van der Waals surface area contributed by atoms with Crippen molar-refractivity contribution in [1.29, 1.82) is 0 Å². The summed E-state index contributed by atoms with van der Waals surface area (Å²) in [5.41, 5.74) is 2.37. The molecule has 9 heteroatoms. The molecule has 0 aliphatic heterocycles. The molecular weight excluding hydrogens is 434 g/mol. The van der Waals surface area contributed by atoms with E-state index in [1.54, 1.807) is 42.8 Å². The van der Waals surface area contributed by atoms with Gasteiger partial charge in [0.15, 0.2) is 11.7 Å². The Bertz CT molecular complexity index is 1440. The Morgan fingerprint density at radius 3 is 2.32 bits per heavy atom. The number of hydrogen-bond donors (Lipinski definition) is 1. The molecule has 34 heavy (non-hydrogen) atoms. The van der Waals surface area contributed by atoms with Crippen LogP contribution in [0.15, 0.2) is 59.4 Å². The van der Waals surface area contributed by atoms with Gasteiger partial charge in [-0.25, -0.2) is 14.2 Å². The van der Waals surface area contributed by atoms with Gasteiger partial charge in [-0.3, -0.25) is 9.59 Å². The summed E-state index contributed by atoms with van der Waals surface area (Å²) in [6, 6.07) is 15.1. The van der Waals surface area contributed by atoms with E-state index in [-0.39, 0.29) is 17.9 Å². The fourth-order valence-electron chi connectivity index (χ4n) is 4.03. The van der Waals surface area contributed by atoms with Gasteiger partial charge in [-0.05, 0) is 39.0 Å². The molecule has 0 saturated carbocycles. The van der Waals surface area contributed by atoms with E-state index in [0.29, 0.717) is 27.7 Å². The number of benzene rings is 2. The predicted molar refractivity (Wildman–Crippen MR) is 127 cm³/mol. The van der Waals surface area contributed by atoms with Crippen LogP contribution in [0.25, 0.3) is 16.5 Å². The lowest BCUT2D eigenvalue weighted by Gasteiger charge is -2.19. The van der Waals surface area contributed by atoms with Crippen LogP contribution < -0.4 is 10.9 Å². The number of rotatable bonds is 6. The van der Waals surface area contributed by atoms with Gasteiger partial charge in [0.25, 0.3) is 11.5 Å². The number of nitrogens with one attached hydrogen (secondary N) is 1. The van der Waals surface area contributed by atoms with E-state index < -0.39 is 17.9 Å². The first kappa shape index (κ1) is 22.9. The summed E-state index contributed by atoms with van der Waals surface area (Å²) in [4.78, 5) is 38.8. The lowest BCUT2D eigenvalue weighted by Crippen LogP contribution is -2.37. The molecule has 1 amide bonds. The summed E-state index contributed by atoms with van der Waals surface area (Å²) in [6.07, 6.45) is 0. The van der Waals surface area contributed by atoms with Crippen LogP contribution in [0.4, 0.5) is 0 Å². The second-order valence-electron chi connectivity index (χ2n) is 7.81. The molecule has 1 N–H and O–H groups in total. The Morgan fingerprint density at radius 1 is 1.00 bits per heavy atom. The van der Waals surface area contributed by atoms with Crippen LogP contribution in [0.3, 0.4) is 0 Å². The van der Waals surface area contributed by atoms with E-state index in [1.165, 1.54) is 7.05 Å². The Hall–Kier alpha value is -4.27. The zero-order valence-corrected chi connectivity index (χ0v) is 19.4. The summed E-state index contributed by atoms with van der Waals surface area (Å²) in [7, 11) is 1.48. The van der Waals surface area contributed by atoms with Gasteiger partial charge in [0, 0.05) is 23.7 Å². The Morgan fingerprint density at radius 2 is 1.65 bits per heavy atom. The number of hydrogen-bond acceptors (Lipinski definition) is 6. The summed E-state index contributed by atoms with van der Waals surface area (Å²) < 4.78 is 8.12. The minimum atomic E-state index is -1.11. The molecule has 0 fully saturated rings. The van der Waals surface area contributed by atoms with Crippen LogP contribution in [0.1, 0.15) is 40.4 Å². The maximum Gasteiger partial charge on any atom is 0.333 e. The molecule has 0 aliphatic rings. The molecule has 4 aromatic rings. The largest absolute Gasteiger partial charge is 0.464 e. The highest BCUT2D eigenvalue weighted by atomic mass is 16.5. The molecule has 0 aliphatic carbocycles. The molecule has 0 saturated heterocycles. The third-order valence-corrected chi connectivity index (χ3v) is 5.61. The smallest absolute Gasteiger partial charge is 0.333 e. The van der Waals surface area contributed by atoms with Crippen molar-refractivity contribution in [2.45, 2.75) is 26.8 Å². The molecule has 9 nitrogen and oxygen atoms in total. The SMILES string of the molecule is CCOC(=O)[C@@H](NC(=O)c1nn(C)c(=O)c2ccccc12)c1c(C)nn(-c2ccccc2)c1C. The van der Waals surface area contributed by atoms with Gasteiger partial charge < -0.3 is 10.1 Å². The second kappa shape index (κ2) is 9.30. The van der Waals surface area contributed by atoms with E-state index in [0.717, 1.165) is 10.4 Å². The normalized spacial score (nSPS) is 11.9. The molecule has 2 aromatic heterocycles. The topological polar surface area (TPSA) is 108 Å². The molecule has 4 rings (SSSR count). The molecule has 1 atom stereocenters. The van der Waals surface area contributed by atoms with Gasteiger partial charge in [-0.2, -0.15) is 10.2 Å². The number of nitrogens with zero attached hydrogens (tertiary/aromatic N) is 4. The highest BCUT2D eigenvalue weighted by Gasteiger charge is 2.31. The van der Waals surface area contributed by atoms with Gasteiger partial charge in [-0.1, -0.05) is 36.4 Å². The zero-order valence-electron chi connectivity index (χ0n) is 19.4. The van der Waals surface area contributed by atoms with Crippen molar-refractivity contribution in [1.82, 2.24) is 24.9 Å². The zero-order chi connectivity index (χ0) is 24.4. The molecule has 2 aromatic carbocycles. The van der Waals surface area contributed by atoms with E-state index in [2.05, 4.69) is 15.5 Å². The lowest BCUT2D eigenvalue weighted by molar-refractivity contribution is -0.145. The third-order valence-electron chi connectivity index (χ3n) is 5.61. The van der Waals surface area contributed by atoms with E-state index >= 15 is 0 Å².